The molecule has 0 saturated heterocycles. The first-order valence-electron chi connectivity index (χ1n) is 3.25. The number of phenols is 1. The highest BCUT2D eigenvalue weighted by molar-refractivity contribution is 7.98. The van der Waals surface area contributed by atoms with Gasteiger partial charge in [-0.25, -0.2) is 0 Å². The van der Waals surface area contributed by atoms with E-state index in [9.17, 15) is 5.11 Å². The average molecular weight is 180 g/mol. The van der Waals surface area contributed by atoms with Gasteiger partial charge in [-0.15, -0.1) is 11.8 Å². The van der Waals surface area contributed by atoms with E-state index in [0.717, 1.165) is 4.90 Å². The maximum absolute atomic E-state index is 9.25. The topological polar surface area (TPSA) is 70.0 Å². The van der Waals surface area contributed by atoms with Gasteiger partial charge in [-0.3, -0.25) is 0 Å². The first kappa shape index (κ1) is 8.75. The Bertz CT molecular complexity index is 344. The molecule has 0 aliphatic carbocycles. The van der Waals surface area contributed by atoms with Gasteiger partial charge in [0.15, 0.2) is 0 Å². The molecule has 0 spiro atoms. The highest BCUT2D eigenvalue weighted by atomic mass is 32.2. The molecule has 0 aliphatic rings. The highest BCUT2D eigenvalue weighted by Crippen LogP contribution is 2.29. The van der Waals surface area contributed by atoms with E-state index in [-0.39, 0.29) is 11.4 Å². The van der Waals surface area contributed by atoms with Crippen molar-refractivity contribution in [2.24, 2.45) is 0 Å². The molecule has 4 heteroatoms. The third kappa shape index (κ3) is 1.46. The molecule has 1 rings (SSSR count). The third-order valence-corrected chi connectivity index (χ3v) is 2.19. The van der Waals surface area contributed by atoms with E-state index in [2.05, 4.69) is 0 Å². The van der Waals surface area contributed by atoms with E-state index in [1.54, 1.807) is 12.1 Å². The Morgan fingerprint density at radius 1 is 1.58 bits per heavy atom. The fraction of sp³-hybridized carbons (Fsp3) is 0.125. The zero-order valence-electron chi connectivity index (χ0n) is 6.53. The lowest BCUT2D eigenvalue weighted by atomic mass is 10.2. The minimum atomic E-state index is -0.0293. The minimum absolute atomic E-state index is 0.0293. The molecule has 1 aromatic carbocycles. The van der Waals surface area contributed by atoms with E-state index >= 15 is 0 Å². The number of nitrogens with zero attached hydrogens (tertiary/aromatic N) is 1. The van der Waals surface area contributed by atoms with Gasteiger partial charge < -0.3 is 10.8 Å². The van der Waals surface area contributed by atoms with Crippen molar-refractivity contribution < 1.29 is 5.11 Å². The molecule has 0 atom stereocenters. The summed E-state index contributed by atoms with van der Waals surface area (Å²) in [5, 5.41) is 17.9. The second-order valence-electron chi connectivity index (χ2n) is 2.22. The lowest BCUT2D eigenvalue weighted by Crippen LogP contribution is -1.91. The minimum Gasteiger partial charge on any atom is -0.506 e. The van der Waals surface area contributed by atoms with Crippen LogP contribution in [0.5, 0.6) is 5.75 Å². The number of phenolic OH excluding ortho intramolecular Hbond substituents is 1. The molecule has 0 amide bonds. The van der Waals surface area contributed by atoms with Gasteiger partial charge in [0, 0.05) is 4.90 Å². The van der Waals surface area contributed by atoms with Gasteiger partial charge in [-0.1, -0.05) is 0 Å². The number of nitrogens with two attached hydrogens (primary N) is 1. The maximum atomic E-state index is 9.25. The van der Waals surface area contributed by atoms with E-state index < -0.39 is 0 Å². The van der Waals surface area contributed by atoms with Gasteiger partial charge in [0.2, 0.25) is 0 Å². The molecular weight excluding hydrogens is 172 g/mol. The van der Waals surface area contributed by atoms with E-state index in [4.69, 9.17) is 11.0 Å². The molecule has 12 heavy (non-hydrogen) atoms. The number of nitriles is 1. The molecule has 3 nitrogen and oxygen atoms in total. The Balaban J connectivity index is 3.31. The predicted octanol–water partition coefficient (Wildman–Crippen LogP) is 1.57. The molecule has 0 radical (unpaired) electrons. The van der Waals surface area contributed by atoms with E-state index in [1.165, 1.54) is 11.8 Å². The molecule has 1 aromatic rings. The summed E-state index contributed by atoms with van der Waals surface area (Å²) in [7, 11) is 0. The summed E-state index contributed by atoms with van der Waals surface area (Å²) in [5.74, 6) is -0.0293. The Kier molecular flexibility index (Phi) is 2.46. The van der Waals surface area contributed by atoms with Crippen LogP contribution in [0.4, 0.5) is 5.69 Å². The van der Waals surface area contributed by atoms with Crippen LogP contribution in [0, 0.1) is 11.3 Å². The first-order valence-corrected chi connectivity index (χ1v) is 4.48. The van der Waals surface area contributed by atoms with Crippen LogP contribution in [0.15, 0.2) is 17.0 Å². The number of benzene rings is 1. The second-order valence-corrected chi connectivity index (χ2v) is 3.10. The van der Waals surface area contributed by atoms with Crippen LogP contribution in [0.25, 0.3) is 0 Å². The van der Waals surface area contributed by atoms with Gasteiger partial charge in [-0.2, -0.15) is 5.26 Å². The van der Waals surface area contributed by atoms with Crippen LogP contribution in [-0.4, -0.2) is 11.4 Å². The number of hydrogen-bond donors (Lipinski definition) is 2. The fourth-order valence-corrected chi connectivity index (χ4v) is 1.29. The van der Waals surface area contributed by atoms with Crippen molar-refractivity contribution >= 4 is 17.4 Å². The molecule has 0 heterocycles. The lowest BCUT2D eigenvalue weighted by molar-refractivity contribution is 0.476. The summed E-state index contributed by atoms with van der Waals surface area (Å²) in [5.41, 5.74) is 5.90. The van der Waals surface area contributed by atoms with Gasteiger partial charge >= 0.3 is 0 Å². The quantitative estimate of drug-likeness (QED) is 0.391. The van der Waals surface area contributed by atoms with Crippen molar-refractivity contribution in [3.63, 3.8) is 0 Å². The molecular formula is C8H8N2OS. The number of rotatable bonds is 1. The SMILES string of the molecule is CSc1cc(O)c(N)c(C#N)c1. The number of thioether (sulfide) groups is 1. The Hall–Kier alpha value is -1.34. The molecule has 3 N–H and O–H groups in total. The van der Waals surface area contributed by atoms with Crippen molar-refractivity contribution in [3.8, 4) is 11.8 Å². The number of hydrogen-bond acceptors (Lipinski definition) is 4. The van der Waals surface area contributed by atoms with Crippen molar-refractivity contribution in [2.45, 2.75) is 4.90 Å². The van der Waals surface area contributed by atoms with Crippen LogP contribution < -0.4 is 5.73 Å². The zero-order chi connectivity index (χ0) is 9.14. The van der Waals surface area contributed by atoms with E-state index in [0.29, 0.717) is 5.56 Å². The fourth-order valence-electron chi connectivity index (χ4n) is 0.823. The first-order chi connectivity index (χ1) is 5.69. The molecule has 0 saturated carbocycles. The standard InChI is InChI=1S/C8H8N2OS/c1-12-6-2-5(4-9)8(10)7(11)3-6/h2-3,11H,10H2,1H3. The molecule has 0 aliphatic heterocycles. The van der Waals surface area contributed by atoms with Crippen LogP contribution in [0.2, 0.25) is 0 Å². The number of aromatic hydroxyl groups is 1. The van der Waals surface area contributed by atoms with Gasteiger partial charge in [-0.05, 0) is 18.4 Å². The summed E-state index contributed by atoms with van der Waals surface area (Å²) in [6.07, 6.45) is 1.87. The Labute approximate surface area is 74.8 Å². The zero-order valence-corrected chi connectivity index (χ0v) is 7.35. The van der Waals surface area contributed by atoms with E-state index in [1.807, 2.05) is 12.3 Å². The van der Waals surface area contributed by atoms with Gasteiger partial charge in [0.25, 0.3) is 0 Å². The predicted molar refractivity (Wildman–Crippen MR) is 49.0 cm³/mol. The largest absolute Gasteiger partial charge is 0.506 e. The smallest absolute Gasteiger partial charge is 0.140 e. The summed E-state index contributed by atoms with van der Waals surface area (Å²) in [6, 6.07) is 5.11. The number of anilines is 1. The van der Waals surface area contributed by atoms with Gasteiger partial charge in [0.1, 0.15) is 11.8 Å². The average Bonchev–Trinajstić information content (AvgIpc) is 2.09. The van der Waals surface area contributed by atoms with Crippen molar-refractivity contribution in [2.75, 3.05) is 12.0 Å². The van der Waals surface area contributed by atoms with Crippen molar-refractivity contribution in [1.29, 1.82) is 5.26 Å². The second kappa shape index (κ2) is 3.37. The Morgan fingerprint density at radius 3 is 2.75 bits per heavy atom. The highest BCUT2D eigenvalue weighted by Gasteiger charge is 2.05. The summed E-state index contributed by atoms with van der Waals surface area (Å²) < 4.78 is 0. The molecule has 0 unspecified atom stereocenters. The normalized spacial score (nSPS) is 9.33. The van der Waals surface area contributed by atoms with Crippen LogP contribution in [-0.2, 0) is 0 Å². The molecule has 0 aromatic heterocycles. The lowest BCUT2D eigenvalue weighted by Gasteiger charge is -2.03. The third-order valence-electron chi connectivity index (χ3n) is 1.49. The van der Waals surface area contributed by atoms with Crippen LogP contribution in [0.3, 0.4) is 0 Å². The van der Waals surface area contributed by atoms with Crippen LogP contribution >= 0.6 is 11.8 Å². The summed E-state index contributed by atoms with van der Waals surface area (Å²) in [6.45, 7) is 0. The van der Waals surface area contributed by atoms with Crippen LogP contribution in [0.1, 0.15) is 5.56 Å². The van der Waals surface area contributed by atoms with Crippen molar-refractivity contribution in [1.82, 2.24) is 0 Å². The summed E-state index contributed by atoms with van der Waals surface area (Å²) >= 11 is 1.45. The Morgan fingerprint density at radius 2 is 2.25 bits per heavy atom. The molecule has 0 bridgehead atoms. The maximum Gasteiger partial charge on any atom is 0.140 e. The summed E-state index contributed by atoms with van der Waals surface area (Å²) in [4.78, 5) is 0.832. The number of nitrogen functional groups attached to an aromatic ring is 1. The monoisotopic (exact) mass is 180 g/mol. The molecule has 62 valence electrons. The van der Waals surface area contributed by atoms with Gasteiger partial charge in [0.05, 0.1) is 11.3 Å². The molecule has 0 fully saturated rings. The van der Waals surface area contributed by atoms with Crippen molar-refractivity contribution in [3.05, 3.63) is 17.7 Å².